The van der Waals surface area contributed by atoms with E-state index < -0.39 is 15.8 Å². The van der Waals surface area contributed by atoms with E-state index in [2.05, 4.69) is 137 Å². The average molecular weight is 754 g/mol. The third-order valence-corrected chi connectivity index (χ3v) is 12.8. The summed E-state index contributed by atoms with van der Waals surface area (Å²) in [7, 11) is 2.23. The molecule has 0 amide bonds. The van der Waals surface area contributed by atoms with Gasteiger partial charge in [0.15, 0.2) is 0 Å². The predicted molar refractivity (Wildman–Crippen MR) is 175 cm³/mol. The van der Waals surface area contributed by atoms with Crippen molar-refractivity contribution in [3.63, 3.8) is 0 Å². The molecule has 2 aromatic heterocycles. The van der Waals surface area contributed by atoms with Crippen LogP contribution in [0.3, 0.4) is 0 Å². The van der Waals surface area contributed by atoms with Crippen molar-refractivity contribution in [2.24, 2.45) is 14.1 Å². The first kappa shape index (κ1) is 30.8. The third-order valence-electron chi connectivity index (χ3n) is 6.71. The Bertz CT molecular complexity index is 1370. The molecule has 0 saturated carbocycles. The van der Waals surface area contributed by atoms with Gasteiger partial charge in [-0.1, -0.05) is 90.9 Å². The number of aromatic nitrogens is 4. The van der Waals surface area contributed by atoms with Crippen molar-refractivity contribution < 1.29 is 20.1 Å². The summed E-state index contributed by atoms with van der Waals surface area (Å²) in [5.41, 5.74) is 1.65. The van der Waals surface area contributed by atoms with Crippen LogP contribution in [0.5, 0.6) is 0 Å². The van der Waals surface area contributed by atoms with Crippen molar-refractivity contribution in [2.45, 2.75) is 0 Å². The molecule has 4 aromatic carbocycles. The summed E-state index contributed by atoms with van der Waals surface area (Å²) in [6.45, 7) is 0. The van der Waals surface area contributed by atoms with Gasteiger partial charge in [-0.2, -0.15) is 0 Å². The molecule has 41 heavy (non-hydrogen) atoms. The number of imidazole rings is 1. The second kappa shape index (κ2) is 15.7. The normalized spacial score (nSPS) is 10.6. The first-order valence-electron chi connectivity index (χ1n) is 13.5. The summed E-state index contributed by atoms with van der Waals surface area (Å²) in [6, 6.07) is 47.5. The summed E-state index contributed by atoms with van der Waals surface area (Å²) in [6.07, 6.45) is 7.97. The minimum absolute atomic E-state index is 0. The van der Waals surface area contributed by atoms with Gasteiger partial charge in [-0.05, 0) is 54.2 Å². The molecule has 0 aliphatic heterocycles. The Balaban J connectivity index is 0.000000249. The fourth-order valence-electron chi connectivity index (χ4n) is 4.75. The van der Waals surface area contributed by atoms with Gasteiger partial charge in [-0.3, -0.25) is 4.68 Å². The topological polar surface area (TPSA) is 35.6 Å². The van der Waals surface area contributed by atoms with Gasteiger partial charge in [0.1, 0.15) is 12.3 Å². The summed E-state index contributed by atoms with van der Waals surface area (Å²) >= 11 is 0. The Labute approximate surface area is 259 Å². The largest absolute Gasteiger partial charge is 0.359 e. The number of hydrogen-bond donors (Lipinski definition) is 0. The quantitative estimate of drug-likeness (QED) is 0.156. The first-order valence-corrected chi connectivity index (χ1v) is 16.9. The van der Waals surface area contributed by atoms with Crippen LogP contribution in [-0.4, -0.2) is 31.7 Å². The van der Waals surface area contributed by atoms with Gasteiger partial charge in [0, 0.05) is 34.2 Å². The summed E-state index contributed by atoms with van der Waals surface area (Å²) in [5.74, 6) is 0. The van der Waals surface area contributed by atoms with Crippen LogP contribution in [0.1, 0.15) is 0 Å². The summed E-state index contributed by atoms with van der Waals surface area (Å²) < 4.78 is 3.60. The van der Waals surface area contributed by atoms with Crippen LogP contribution in [0.4, 0.5) is 0 Å². The molecule has 0 aliphatic carbocycles. The Morgan fingerprint density at radius 2 is 1.00 bits per heavy atom. The van der Waals surface area contributed by atoms with E-state index in [0.29, 0.717) is 0 Å². The van der Waals surface area contributed by atoms with Crippen LogP contribution in [-0.2, 0) is 34.2 Å². The molecule has 4 nitrogen and oxygen atoms in total. The van der Waals surface area contributed by atoms with E-state index in [1.807, 2.05) is 24.9 Å². The van der Waals surface area contributed by atoms with Gasteiger partial charge in [0.05, 0.1) is 43.4 Å². The molecule has 7 heteroatoms. The molecule has 0 spiro atoms. The smallest absolute Gasteiger partial charge is 0.101 e. The van der Waals surface area contributed by atoms with Crippen LogP contribution in [0, 0.1) is 6.07 Å². The zero-order valence-electron chi connectivity index (χ0n) is 23.3. The summed E-state index contributed by atoms with van der Waals surface area (Å²) in [4.78, 5) is 4.16. The van der Waals surface area contributed by atoms with E-state index >= 15 is 0 Å². The van der Waals surface area contributed by atoms with Crippen molar-refractivity contribution in [3.8, 4) is 11.4 Å². The molecule has 1 radical (unpaired) electrons. The minimum Gasteiger partial charge on any atom is -0.359 e. The van der Waals surface area contributed by atoms with Crippen molar-refractivity contribution in [3.05, 3.63) is 146 Å². The maximum atomic E-state index is 4.18. The van der Waals surface area contributed by atoms with Crippen molar-refractivity contribution in [1.82, 2.24) is 19.3 Å². The number of nitrogens with zero attached hydrogens (tertiary/aromatic N) is 4. The molecular formula is C34H35IrN4P2+. The van der Waals surface area contributed by atoms with Crippen molar-refractivity contribution in [2.75, 3.05) is 12.3 Å². The average Bonchev–Trinajstić information content (AvgIpc) is 3.65. The molecule has 6 rings (SSSR count). The molecule has 0 saturated heterocycles. The third kappa shape index (κ3) is 8.65. The molecular weight excluding hydrogens is 719 g/mol. The Kier molecular flexibility index (Phi) is 11.8. The first-order chi connectivity index (χ1) is 19.7. The van der Waals surface area contributed by atoms with Crippen LogP contribution >= 0.6 is 15.8 Å². The van der Waals surface area contributed by atoms with Gasteiger partial charge >= 0.3 is 0 Å². The Hall–Kier alpha value is -3.19. The second-order valence-corrected chi connectivity index (χ2v) is 14.9. The number of rotatable bonds is 8. The van der Waals surface area contributed by atoms with E-state index in [9.17, 15) is 0 Å². The van der Waals surface area contributed by atoms with Gasteiger partial charge in [-0.25, -0.2) is 11.2 Å². The van der Waals surface area contributed by atoms with Gasteiger partial charge in [-0.15, -0.1) is 0 Å². The van der Waals surface area contributed by atoms with Crippen LogP contribution in [0.25, 0.3) is 11.4 Å². The molecule has 0 N–H and O–H groups in total. The van der Waals surface area contributed by atoms with Crippen LogP contribution in [0.2, 0.25) is 0 Å². The molecule has 0 bridgehead atoms. The predicted octanol–water partition coefficient (Wildman–Crippen LogP) is 5.34. The number of benzene rings is 4. The van der Waals surface area contributed by atoms with Gasteiger partial charge in [0.2, 0.25) is 0 Å². The molecule has 0 atom stereocenters. The van der Waals surface area contributed by atoms with E-state index in [0.717, 1.165) is 11.4 Å². The van der Waals surface area contributed by atoms with Crippen LogP contribution < -0.4 is 21.2 Å². The molecule has 0 unspecified atom stereocenters. The SMILES string of the molecule is Cn1cnc(-c2[c-]cn(C)n2)c1.[Ir].c1ccc([PH+](CC[PH+](c2ccccc2)c2ccccc2)c2ccccc2)cc1. The Morgan fingerprint density at radius 3 is 1.29 bits per heavy atom. The van der Waals surface area contributed by atoms with E-state index in [1.165, 1.54) is 33.5 Å². The van der Waals surface area contributed by atoms with Crippen LogP contribution in [0.15, 0.2) is 140 Å². The number of aryl methyl sites for hydroxylation is 2. The molecule has 209 valence electrons. The standard InChI is InChI=1S/C26H24P2.C8H9N4.Ir/c1-5-13-23(14-6-1)27(24-15-7-2-8-16-24)21-22-28(25-17-9-3-10-18-25)26-19-11-4-12-20-26;1-11-5-8(9-6-11)7-3-4-12(2)10-7;/h1-20H,21-22H2;4-6H,1-2H3;/q;-1;/p+2. The van der Waals surface area contributed by atoms with E-state index in [1.54, 1.807) is 17.2 Å². The molecule has 2 heterocycles. The van der Waals surface area contributed by atoms with Crippen molar-refractivity contribution >= 4 is 37.1 Å². The second-order valence-electron chi connectivity index (χ2n) is 9.64. The summed E-state index contributed by atoms with van der Waals surface area (Å²) in [5, 5.41) is 10.2. The fraction of sp³-hybridized carbons (Fsp3) is 0.118. The maximum Gasteiger partial charge on any atom is 0.101 e. The van der Waals surface area contributed by atoms with Crippen molar-refractivity contribution in [1.29, 1.82) is 0 Å². The number of hydrogen-bond acceptors (Lipinski definition) is 2. The molecule has 6 aromatic rings. The van der Waals surface area contributed by atoms with E-state index in [-0.39, 0.29) is 20.1 Å². The minimum atomic E-state index is -0.783. The monoisotopic (exact) mass is 754 g/mol. The Morgan fingerprint density at radius 1 is 0.610 bits per heavy atom. The van der Waals surface area contributed by atoms with Gasteiger partial charge < -0.3 is 9.55 Å². The molecule has 0 fully saturated rings. The zero-order chi connectivity index (χ0) is 27.6. The zero-order valence-corrected chi connectivity index (χ0v) is 27.7. The maximum absolute atomic E-state index is 4.18. The fourth-order valence-corrected chi connectivity index (χ4v) is 10.9. The van der Waals surface area contributed by atoms with Gasteiger partial charge in [0.25, 0.3) is 0 Å². The van der Waals surface area contributed by atoms with E-state index in [4.69, 9.17) is 0 Å². The molecule has 0 aliphatic rings.